The first-order chi connectivity index (χ1) is 27.1. The van der Waals surface area contributed by atoms with Gasteiger partial charge >= 0.3 is 0 Å². The second-order valence-corrected chi connectivity index (χ2v) is 13.3. The molecule has 2 aromatic carbocycles. The quantitative estimate of drug-likeness (QED) is 0.0661. The Morgan fingerprint density at radius 3 is 1.37 bits per heavy atom. The van der Waals surface area contributed by atoms with E-state index in [2.05, 4.69) is 21.3 Å². The zero-order valence-electron chi connectivity index (χ0n) is 32.9. The summed E-state index contributed by atoms with van der Waals surface area (Å²) in [6, 6.07) is 15.4. The Morgan fingerprint density at radius 2 is 0.950 bits per heavy atom. The molecule has 2 rings (SSSR count). The van der Waals surface area contributed by atoms with Crippen LogP contribution in [0.1, 0.15) is 92.2 Å². The zero-order chi connectivity index (χ0) is 40.8. The van der Waals surface area contributed by atoms with Crippen molar-refractivity contribution in [2.45, 2.75) is 112 Å². The lowest BCUT2D eigenvalue weighted by Gasteiger charge is -2.21. The minimum absolute atomic E-state index is 0. The van der Waals surface area contributed by atoms with Crippen LogP contribution in [-0.2, 0) is 60.6 Å². The zero-order valence-corrected chi connectivity index (χ0v) is 32.9. The maximum atomic E-state index is 13.3. The molecule has 3 atom stereocenters. The molecule has 6 N–H and O–H groups in total. The molecule has 0 radical (unpaired) electrons. The average Bonchev–Trinajstić information content (AvgIpc) is 3.20. The van der Waals surface area contributed by atoms with Crippen LogP contribution in [0.4, 0.5) is 0 Å². The van der Waals surface area contributed by atoms with Crippen LogP contribution >= 0.6 is 0 Å². The highest BCUT2D eigenvalue weighted by Gasteiger charge is 2.26. The van der Waals surface area contributed by atoms with E-state index in [4.69, 9.17) is 24.7 Å². The molecule has 0 bridgehead atoms. The Labute approximate surface area is 360 Å². The average molecular weight is 848 g/mol. The maximum Gasteiger partial charge on any atom is 0.237 e. The largest absolute Gasteiger partial charge is 0.382 e. The highest BCUT2D eigenvalue weighted by atomic mass is 16.5. The smallest absolute Gasteiger partial charge is 0.237 e. The number of nitrogens with one attached hydrogen (secondary N) is 4. The Hall–Kier alpha value is -4.54. The van der Waals surface area contributed by atoms with Crippen molar-refractivity contribution in [2.75, 3.05) is 67.0 Å². The molecule has 15 heteroatoms. The summed E-state index contributed by atoms with van der Waals surface area (Å²) in [7, 11) is 3.18. The number of hydrogen-bond donors (Lipinski definition) is 5. The number of rotatable bonds is 32. The Bertz CT molecular complexity index is 1450. The molecule has 0 heterocycles. The Kier molecular flexibility index (Phi) is 37.3. The van der Waals surface area contributed by atoms with Crippen molar-refractivity contribution >= 4 is 35.2 Å². The van der Waals surface area contributed by atoms with Crippen LogP contribution in [0.5, 0.6) is 0 Å². The van der Waals surface area contributed by atoms with E-state index in [1.54, 1.807) is 14.2 Å². The molecule has 4 amide bonds. The molecule has 3 unspecified atom stereocenters. The van der Waals surface area contributed by atoms with E-state index in [0.717, 1.165) is 11.1 Å². The highest BCUT2D eigenvalue weighted by molar-refractivity contribution is 5.94. The van der Waals surface area contributed by atoms with Gasteiger partial charge in [0.2, 0.25) is 23.6 Å². The van der Waals surface area contributed by atoms with E-state index < -0.39 is 29.9 Å². The number of amides is 4. The van der Waals surface area contributed by atoms with Crippen LogP contribution in [-0.4, -0.2) is 120 Å². The van der Waals surface area contributed by atoms with Crippen LogP contribution in [0.15, 0.2) is 60.7 Å². The van der Waals surface area contributed by atoms with Gasteiger partial charge in [0, 0.05) is 72.6 Å². The number of carbonyl (C=O) groups excluding carboxylic acids is 6. The van der Waals surface area contributed by atoms with Gasteiger partial charge in [0.05, 0.1) is 44.6 Å². The highest BCUT2D eigenvalue weighted by Crippen LogP contribution is 2.10. The van der Waals surface area contributed by atoms with Gasteiger partial charge in [0.1, 0.15) is 0 Å². The summed E-state index contributed by atoms with van der Waals surface area (Å²) in [5, 5.41) is 11.0. The first-order valence-corrected chi connectivity index (χ1v) is 19.3. The molecule has 0 aromatic heterocycles. The van der Waals surface area contributed by atoms with Crippen molar-refractivity contribution in [1.82, 2.24) is 21.3 Å². The maximum absolute atomic E-state index is 13.3. The number of methoxy groups -OCH3 is 2. The SMILES string of the molecule is C.C.C.C.COCCOCCCNC(=O)CCC(=O)C(Cc1ccccc1)NC(=O)CCC(N)C(=O)NC(Cc1ccccc1)C(=O)CCC(=O)NCCCOCCOC. The summed E-state index contributed by atoms with van der Waals surface area (Å²) < 4.78 is 20.6. The van der Waals surface area contributed by atoms with Gasteiger partial charge < -0.3 is 45.9 Å². The molecule has 0 saturated carbocycles. The molecule has 0 aliphatic carbocycles. The number of benzene rings is 2. The predicted molar refractivity (Wildman–Crippen MR) is 237 cm³/mol. The van der Waals surface area contributed by atoms with Gasteiger partial charge in [0.15, 0.2) is 11.6 Å². The fraction of sp³-hybridized carbons (Fsp3) is 0.600. The van der Waals surface area contributed by atoms with E-state index in [-0.39, 0.29) is 104 Å². The summed E-state index contributed by atoms with van der Waals surface area (Å²) in [5.41, 5.74) is 7.84. The molecule has 0 fully saturated rings. The third kappa shape index (κ3) is 28.0. The Morgan fingerprint density at radius 1 is 0.533 bits per heavy atom. The molecular weight excluding hydrogens is 771 g/mol. The van der Waals surface area contributed by atoms with Crippen LogP contribution in [0.25, 0.3) is 0 Å². The molecule has 0 aliphatic rings. The first kappa shape index (κ1) is 59.8. The van der Waals surface area contributed by atoms with Crippen LogP contribution in [0, 0.1) is 0 Å². The van der Waals surface area contributed by atoms with Gasteiger partial charge in [-0.15, -0.1) is 0 Å². The fourth-order valence-corrected chi connectivity index (χ4v) is 5.44. The van der Waals surface area contributed by atoms with Crippen LogP contribution < -0.4 is 27.0 Å². The van der Waals surface area contributed by atoms with Gasteiger partial charge in [-0.1, -0.05) is 90.4 Å². The lowest BCUT2D eigenvalue weighted by molar-refractivity contribution is -0.130. The first-order valence-electron chi connectivity index (χ1n) is 19.3. The van der Waals surface area contributed by atoms with E-state index in [1.165, 1.54) is 0 Å². The number of ketones is 2. The second kappa shape index (κ2) is 37.5. The summed E-state index contributed by atoms with van der Waals surface area (Å²) in [4.78, 5) is 77.7. The van der Waals surface area contributed by atoms with Gasteiger partial charge in [-0.3, -0.25) is 28.8 Å². The molecule has 2 aromatic rings. The lowest BCUT2D eigenvalue weighted by atomic mass is 9.98. The number of Topliss-reactive ketones (excluding diaryl/α,β-unsaturated/α-hetero) is 2. The van der Waals surface area contributed by atoms with Gasteiger partial charge in [-0.05, 0) is 43.2 Å². The number of carbonyl (C=O) groups is 6. The van der Waals surface area contributed by atoms with Crippen molar-refractivity contribution in [2.24, 2.45) is 5.73 Å². The van der Waals surface area contributed by atoms with Crippen molar-refractivity contribution in [3.8, 4) is 0 Å². The summed E-state index contributed by atoms with van der Waals surface area (Å²) in [5.74, 6) is -2.29. The summed E-state index contributed by atoms with van der Waals surface area (Å²) in [6.45, 7) is 3.67. The summed E-state index contributed by atoms with van der Waals surface area (Å²) >= 11 is 0. The second-order valence-electron chi connectivity index (χ2n) is 13.3. The number of ether oxygens (including phenoxy) is 4. The van der Waals surface area contributed by atoms with E-state index in [0.29, 0.717) is 65.6 Å². The molecule has 15 nitrogen and oxygen atoms in total. The van der Waals surface area contributed by atoms with Gasteiger partial charge in [-0.2, -0.15) is 0 Å². The van der Waals surface area contributed by atoms with Crippen molar-refractivity contribution in [3.05, 3.63) is 71.8 Å². The van der Waals surface area contributed by atoms with Gasteiger partial charge in [-0.25, -0.2) is 0 Å². The minimum atomic E-state index is -1.13. The van der Waals surface area contributed by atoms with Crippen LogP contribution in [0.2, 0.25) is 0 Å². The fourth-order valence-electron chi connectivity index (χ4n) is 5.44. The third-order valence-electron chi connectivity index (χ3n) is 8.65. The number of hydrogen-bond acceptors (Lipinski definition) is 11. The molecule has 60 heavy (non-hydrogen) atoms. The third-order valence-corrected chi connectivity index (χ3v) is 8.65. The van der Waals surface area contributed by atoms with E-state index in [1.807, 2.05) is 60.7 Å². The monoisotopic (exact) mass is 848 g/mol. The van der Waals surface area contributed by atoms with E-state index in [9.17, 15) is 28.8 Å². The normalized spacial score (nSPS) is 11.7. The minimum Gasteiger partial charge on any atom is -0.382 e. The summed E-state index contributed by atoms with van der Waals surface area (Å²) in [6.07, 6.45) is 1.21. The molecule has 0 spiro atoms. The topological polar surface area (TPSA) is 213 Å². The predicted octanol–water partition coefficient (Wildman–Crippen LogP) is 4.13. The number of nitrogens with two attached hydrogens (primary N) is 1. The van der Waals surface area contributed by atoms with E-state index >= 15 is 0 Å². The lowest BCUT2D eigenvalue weighted by Crippen LogP contribution is -2.50. The van der Waals surface area contributed by atoms with Crippen molar-refractivity contribution < 1.29 is 47.7 Å². The molecule has 0 saturated heterocycles. The standard InChI is InChI=1S/C41H61N5O10.4CH4/c1-53-25-27-55-23-9-21-43-38(49)19-16-36(47)34(29-31-11-5-3-6-12-31)45-40(51)18-15-33(42)41(52)46-35(30-32-13-7-4-8-14-32)37(48)17-20-39(50)44-22-10-24-56-28-26-54-2;;;;/h3-8,11-14,33-35H,9-10,15-30,42H2,1-2H3,(H,43,49)(H,44,50)(H,45,51)(H,46,52);4*1H4. The molecular formula is C45H77N5O10. The van der Waals surface area contributed by atoms with Crippen LogP contribution in [0.3, 0.4) is 0 Å². The molecule has 0 aliphatic heterocycles. The molecule has 342 valence electrons. The van der Waals surface area contributed by atoms with Gasteiger partial charge in [0.25, 0.3) is 0 Å². The Balaban J connectivity index is -0.00000812. The van der Waals surface area contributed by atoms with Crippen molar-refractivity contribution in [1.29, 1.82) is 0 Å². The van der Waals surface area contributed by atoms with Crippen molar-refractivity contribution in [3.63, 3.8) is 0 Å².